The zero-order valence-electron chi connectivity index (χ0n) is 21.4. The fourth-order valence-corrected chi connectivity index (χ4v) is 4.24. The molecule has 0 unspecified atom stereocenters. The molecule has 38 heavy (non-hydrogen) atoms. The van der Waals surface area contributed by atoms with Crippen LogP contribution in [0.1, 0.15) is 43.7 Å². The van der Waals surface area contributed by atoms with Crippen LogP contribution < -0.4 is 9.47 Å². The van der Waals surface area contributed by atoms with Gasteiger partial charge in [0, 0.05) is 10.9 Å². The number of hydrogen-bond donors (Lipinski definition) is 0. The Hall–Kier alpha value is -3.61. The molecule has 0 atom stereocenters. The summed E-state index contributed by atoms with van der Waals surface area (Å²) >= 11 is 0. The molecule has 0 saturated heterocycles. The molecule has 4 aromatic rings. The number of aryl methyl sites for hydroxylation is 2. The highest BCUT2D eigenvalue weighted by Gasteiger charge is 2.28. The molecule has 0 spiro atoms. The summed E-state index contributed by atoms with van der Waals surface area (Å²) < 4.78 is 62.7. The van der Waals surface area contributed by atoms with Gasteiger partial charge in [0.1, 0.15) is 17.3 Å². The first-order valence-corrected chi connectivity index (χ1v) is 12.9. The van der Waals surface area contributed by atoms with Crippen LogP contribution >= 0.6 is 0 Å². The lowest BCUT2D eigenvalue weighted by molar-refractivity contribution is -0.153. The number of rotatable bonds is 12. The number of unbranched alkanes of at least 4 members (excludes halogenated alkanes) is 3. The van der Waals surface area contributed by atoms with Crippen LogP contribution in [-0.2, 0) is 12.8 Å². The third-order valence-corrected chi connectivity index (χ3v) is 6.34. The molecule has 0 radical (unpaired) electrons. The van der Waals surface area contributed by atoms with Crippen LogP contribution in [0, 0.1) is 5.82 Å². The maximum absolute atomic E-state index is 15.3. The molecule has 0 aliphatic heterocycles. The largest absolute Gasteiger partial charge is 0.492 e. The normalized spacial score (nSPS) is 11.6. The van der Waals surface area contributed by atoms with Crippen LogP contribution in [0.3, 0.4) is 0 Å². The lowest BCUT2D eigenvalue weighted by Crippen LogP contribution is -2.19. The summed E-state index contributed by atoms with van der Waals surface area (Å²) in [6.45, 7) is 1.53. The summed E-state index contributed by atoms with van der Waals surface area (Å²) in [5.41, 5.74) is 3.16. The van der Waals surface area contributed by atoms with Crippen LogP contribution in [-0.4, -0.2) is 24.4 Å². The highest BCUT2D eigenvalue weighted by molar-refractivity contribution is 5.88. The Bertz CT molecular complexity index is 1320. The molecule has 200 valence electrons. The van der Waals surface area contributed by atoms with Gasteiger partial charge in [-0.05, 0) is 66.1 Å². The monoisotopic (exact) mass is 525 g/mol. The molecule has 0 bridgehead atoms. The van der Waals surface area contributed by atoms with Crippen molar-refractivity contribution in [1.29, 1.82) is 0 Å². The van der Waals surface area contributed by atoms with E-state index in [1.165, 1.54) is 25.0 Å². The van der Waals surface area contributed by atoms with Crippen LogP contribution in [0.5, 0.6) is 11.5 Å². The highest BCUT2D eigenvalue weighted by Crippen LogP contribution is 2.28. The minimum Gasteiger partial charge on any atom is -0.492 e. The average molecular weight is 526 g/mol. The summed E-state index contributed by atoms with van der Waals surface area (Å²) in [7, 11) is 0. The molecule has 3 aromatic carbocycles. The van der Waals surface area contributed by atoms with E-state index in [1.54, 1.807) is 30.5 Å². The number of hydrogen-bond acceptors (Lipinski definition) is 3. The van der Waals surface area contributed by atoms with Gasteiger partial charge in [0.15, 0.2) is 6.61 Å². The van der Waals surface area contributed by atoms with Crippen molar-refractivity contribution in [2.75, 3.05) is 13.2 Å². The van der Waals surface area contributed by atoms with E-state index in [0.29, 0.717) is 30.4 Å². The number of benzene rings is 3. The summed E-state index contributed by atoms with van der Waals surface area (Å²) in [6, 6.07) is 19.5. The van der Waals surface area contributed by atoms with Crippen molar-refractivity contribution in [2.45, 2.75) is 51.6 Å². The van der Waals surface area contributed by atoms with Crippen molar-refractivity contribution in [2.24, 2.45) is 0 Å². The number of ether oxygens (including phenoxy) is 2. The van der Waals surface area contributed by atoms with Crippen molar-refractivity contribution in [1.82, 2.24) is 4.98 Å². The molecule has 3 nitrogen and oxygen atoms in total. The summed E-state index contributed by atoms with van der Waals surface area (Å²) in [6.07, 6.45) is 2.95. The standard InChI is InChI=1S/C31H31F4NO2/c1-2-3-4-5-18-37-27-15-17-29(36-20-27)25-12-16-28-24(19-25)11-10-23(30(28)32)9-6-22-7-13-26(14-8-22)38-21-31(33,34)35/h7-8,10-17,19-20H,2-6,9,18,21H2,1H3. The zero-order chi connectivity index (χ0) is 27.0. The predicted molar refractivity (Wildman–Crippen MR) is 142 cm³/mol. The Morgan fingerprint density at radius 1 is 0.789 bits per heavy atom. The molecule has 1 aromatic heterocycles. The maximum Gasteiger partial charge on any atom is 0.422 e. The Morgan fingerprint density at radius 2 is 1.58 bits per heavy atom. The first kappa shape index (κ1) is 27.4. The average Bonchev–Trinajstić information content (AvgIpc) is 2.92. The van der Waals surface area contributed by atoms with Gasteiger partial charge in [0.2, 0.25) is 0 Å². The van der Waals surface area contributed by atoms with Gasteiger partial charge in [0.05, 0.1) is 18.5 Å². The van der Waals surface area contributed by atoms with Gasteiger partial charge in [-0.15, -0.1) is 0 Å². The second-order valence-electron chi connectivity index (χ2n) is 9.31. The summed E-state index contributed by atoms with van der Waals surface area (Å²) in [4.78, 5) is 4.52. The highest BCUT2D eigenvalue weighted by atomic mass is 19.4. The SMILES string of the molecule is CCCCCCOc1ccc(-c2ccc3c(F)c(CCc4ccc(OCC(F)(F)F)cc4)ccc3c2)nc1. The van der Waals surface area contributed by atoms with Crippen LogP contribution in [0.2, 0.25) is 0 Å². The van der Waals surface area contributed by atoms with Crippen LogP contribution in [0.25, 0.3) is 22.0 Å². The van der Waals surface area contributed by atoms with E-state index in [0.717, 1.165) is 40.8 Å². The first-order chi connectivity index (χ1) is 18.3. The van der Waals surface area contributed by atoms with E-state index in [1.807, 2.05) is 30.3 Å². The van der Waals surface area contributed by atoms with E-state index in [4.69, 9.17) is 9.47 Å². The number of halogens is 4. The summed E-state index contributed by atoms with van der Waals surface area (Å²) in [5, 5.41) is 1.32. The molecule has 1 heterocycles. The molecular formula is C31H31F4NO2. The van der Waals surface area contributed by atoms with Crippen LogP contribution in [0.4, 0.5) is 17.6 Å². The fraction of sp³-hybridized carbons (Fsp3) is 0.323. The second kappa shape index (κ2) is 12.8. The maximum atomic E-state index is 15.3. The van der Waals surface area contributed by atoms with E-state index in [9.17, 15) is 13.2 Å². The third-order valence-electron chi connectivity index (χ3n) is 6.34. The Morgan fingerprint density at radius 3 is 2.29 bits per heavy atom. The van der Waals surface area contributed by atoms with E-state index in [-0.39, 0.29) is 11.6 Å². The van der Waals surface area contributed by atoms with Gasteiger partial charge in [-0.3, -0.25) is 4.98 Å². The lowest BCUT2D eigenvalue weighted by Gasteiger charge is -2.11. The quantitative estimate of drug-likeness (QED) is 0.137. The zero-order valence-corrected chi connectivity index (χ0v) is 21.4. The predicted octanol–water partition coefficient (Wildman–Crippen LogP) is 8.73. The van der Waals surface area contributed by atoms with E-state index < -0.39 is 12.8 Å². The van der Waals surface area contributed by atoms with Crippen LogP contribution in [0.15, 0.2) is 72.9 Å². The van der Waals surface area contributed by atoms with Gasteiger partial charge in [0.25, 0.3) is 0 Å². The van der Waals surface area contributed by atoms with E-state index >= 15 is 4.39 Å². The Labute approximate surface area is 220 Å². The van der Waals surface area contributed by atoms with E-state index in [2.05, 4.69) is 11.9 Å². The molecule has 0 aliphatic carbocycles. The van der Waals surface area contributed by atoms with Gasteiger partial charge < -0.3 is 9.47 Å². The molecule has 0 saturated carbocycles. The molecule has 0 fully saturated rings. The number of alkyl halides is 3. The molecule has 7 heteroatoms. The van der Waals surface area contributed by atoms with Gasteiger partial charge >= 0.3 is 6.18 Å². The second-order valence-corrected chi connectivity index (χ2v) is 9.31. The van der Waals surface area contributed by atoms with Gasteiger partial charge in [-0.1, -0.05) is 62.6 Å². The Balaban J connectivity index is 1.37. The smallest absolute Gasteiger partial charge is 0.422 e. The molecule has 4 rings (SSSR count). The minimum absolute atomic E-state index is 0.151. The number of fused-ring (bicyclic) bond motifs is 1. The summed E-state index contributed by atoms with van der Waals surface area (Å²) in [5.74, 6) is 0.627. The molecule has 0 amide bonds. The minimum atomic E-state index is -4.38. The van der Waals surface area contributed by atoms with Gasteiger partial charge in [-0.25, -0.2) is 4.39 Å². The van der Waals surface area contributed by atoms with Crippen molar-refractivity contribution >= 4 is 10.8 Å². The topological polar surface area (TPSA) is 31.4 Å². The number of pyridine rings is 1. The fourth-order valence-electron chi connectivity index (χ4n) is 4.24. The number of nitrogens with zero attached hydrogens (tertiary/aromatic N) is 1. The van der Waals surface area contributed by atoms with Crippen molar-refractivity contribution in [3.05, 3.63) is 89.9 Å². The number of aromatic nitrogens is 1. The lowest BCUT2D eigenvalue weighted by atomic mass is 9.98. The van der Waals surface area contributed by atoms with Gasteiger partial charge in [-0.2, -0.15) is 13.2 Å². The Kier molecular flexibility index (Phi) is 9.21. The molecule has 0 aliphatic rings. The molecule has 0 N–H and O–H groups in total. The third kappa shape index (κ3) is 7.70. The van der Waals surface area contributed by atoms with Crippen molar-refractivity contribution < 1.29 is 27.0 Å². The van der Waals surface area contributed by atoms with Crippen molar-refractivity contribution in [3.63, 3.8) is 0 Å². The first-order valence-electron chi connectivity index (χ1n) is 12.9. The molecular weight excluding hydrogens is 494 g/mol. The van der Waals surface area contributed by atoms with Crippen molar-refractivity contribution in [3.8, 4) is 22.8 Å².